The van der Waals surface area contributed by atoms with Gasteiger partial charge in [-0.2, -0.15) is 13.2 Å². The third kappa shape index (κ3) is 5.10. The summed E-state index contributed by atoms with van der Waals surface area (Å²) in [5, 5.41) is 10.7. The molecule has 0 radical (unpaired) electrons. The van der Waals surface area contributed by atoms with Gasteiger partial charge in [0, 0.05) is 18.0 Å². The normalized spacial score (nSPS) is 15.0. The van der Waals surface area contributed by atoms with E-state index in [0.29, 0.717) is 10.7 Å². The molecule has 0 saturated heterocycles. The standard InChI is InChI=1S/C22H20ClF3N4OS/c23-15-10-11-17(16(13-15)22(24,25)26)27-20(31)19(14-7-3-1-4-8-14)32-21-29-28-18-9-5-2-6-12-30(18)21/h1,3-4,7-8,10-11,13,19H,2,5-6,9,12H2,(H,27,31). The van der Waals surface area contributed by atoms with Gasteiger partial charge in [-0.25, -0.2) is 0 Å². The summed E-state index contributed by atoms with van der Waals surface area (Å²) >= 11 is 6.94. The lowest BCUT2D eigenvalue weighted by Gasteiger charge is -2.19. The summed E-state index contributed by atoms with van der Waals surface area (Å²) in [6.07, 6.45) is -0.738. The maximum Gasteiger partial charge on any atom is 0.418 e. The molecule has 1 aliphatic heterocycles. The molecule has 0 bridgehead atoms. The molecule has 0 spiro atoms. The molecular weight excluding hydrogens is 461 g/mol. The first-order valence-corrected chi connectivity index (χ1v) is 11.4. The molecule has 1 aliphatic rings. The molecule has 3 aromatic rings. The van der Waals surface area contributed by atoms with Crippen molar-refractivity contribution in [1.82, 2.24) is 14.8 Å². The number of rotatable bonds is 5. The summed E-state index contributed by atoms with van der Waals surface area (Å²) in [4.78, 5) is 13.2. The van der Waals surface area contributed by atoms with Gasteiger partial charge in [-0.15, -0.1) is 10.2 Å². The van der Waals surface area contributed by atoms with E-state index in [-0.39, 0.29) is 10.7 Å². The molecule has 1 aromatic heterocycles. The average Bonchev–Trinajstić information content (AvgIpc) is 2.98. The molecule has 168 valence electrons. The molecule has 2 heterocycles. The first-order valence-electron chi connectivity index (χ1n) is 10.1. The predicted octanol–water partition coefficient (Wildman–Crippen LogP) is 6.15. The van der Waals surface area contributed by atoms with Crippen LogP contribution in [0.5, 0.6) is 0 Å². The van der Waals surface area contributed by atoms with Crippen molar-refractivity contribution in [3.05, 3.63) is 70.5 Å². The second-order valence-corrected chi connectivity index (χ2v) is 8.96. The van der Waals surface area contributed by atoms with Crippen LogP contribution in [0.15, 0.2) is 53.7 Å². The first kappa shape index (κ1) is 22.7. The third-order valence-corrected chi connectivity index (χ3v) is 6.65. The van der Waals surface area contributed by atoms with Crippen LogP contribution >= 0.6 is 23.4 Å². The van der Waals surface area contributed by atoms with Crippen LogP contribution in [0, 0.1) is 0 Å². The number of benzene rings is 2. The fourth-order valence-corrected chi connectivity index (χ4v) is 4.86. The zero-order chi connectivity index (χ0) is 22.7. The van der Waals surface area contributed by atoms with Gasteiger partial charge in [0.15, 0.2) is 5.16 Å². The van der Waals surface area contributed by atoms with E-state index in [9.17, 15) is 18.0 Å². The van der Waals surface area contributed by atoms with Gasteiger partial charge in [-0.1, -0.05) is 60.1 Å². The van der Waals surface area contributed by atoms with Crippen LogP contribution in [-0.4, -0.2) is 20.7 Å². The topological polar surface area (TPSA) is 59.8 Å². The van der Waals surface area contributed by atoms with E-state index in [2.05, 4.69) is 15.5 Å². The number of thioether (sulfide) groups is 1. The van der Waals surface area contributed by atoms with E-state index < -0.39 is 22.9 Å². The fraction of sp³-hybridized carbons (Fsp3) is 0.318. The van der Waals surface area contributed by atoms with Crippen molar-refractivity contribution in [3.63, 3.8) is 0 Å². The molecule has 0 fully saturated rings. The Morgan fingerprint density at radius 2 is 1.88 bits per heavy atom. The van der Waals surface area contributed by atoms with E-state index in [1.165, 1.54) is 23.9 Å². The van der Waals surface area contributed by atoms with Crippen LogP contribution in [0.2, 0.25) is 5.02 Å². The molecule has 10 heteroatoms. The Balaban J connectivity index is 1.66. The molecule has 2 aromatic carbocycles. The number of amides is 1. The highest BCUT2D eigenvalue weighted by Crippen LogP contribution is 2.39. The molecule has 4 rings (SSSR count). The van der Waals surface area contributed by atoms with Crippen LogP contribution in [0.3, 0.4) is 0 Å². The highest BCUT2D eigenvalue weighted by atomic mass is 35.5. The Morgan fingerprint density at radius 1 is 1.09 bits per heavy atom. The van der Waals surface area contributed by atoms with Crippen LogP contribution in [0.4, 0.5) is 18.9 Å². The second kappa shape index (κ2) is 9.54. The minimum absolute atomic E-state index is 0.0598. The minimum atomic E-state index is -4.66. The van der Waals surface area contributed by atoms with Gasteiger partial charge < -0.3 is 9.88 Å². The molecule has 32 heavy (non-hydrogen) atoms. The molecule has 1 atom stereocenters. The quantitative estimate of drug-likeness (QED) is 0.445. The summed E-state index contributed by atoms with van der Waals surface area (Å²) in [7, 11) is 0. The number of aryl methyl sites for hydroxylation is 1. The SMILES string of the molecule is O=C(Nc1ccc(Cl)cc1C(F)(F)F)C(Sc1nnc2n1CCCCC2)c1ccccc1. The van der Waals surface area contributed by atoms with Crippen LogP contribution in [0.1, 0.15) is 41.5 Å². The lowest BCUT2D eigenvalue weighted by molar-refractivity contribution is -0.137. The van der Waals surface area contributed by atoms with Gasteiger partial charge in [-0.3, -0.25) is 4.79 Å². The summed E-state index contributed by atoms with van der Waals surface area (Å²) in [5.74, 6) is 0.286. The average molecular weight is 481 g/mol. The second-order valence-electron chi connectivity index (χ2n) is 7.45. The van der Waals surface area contributed by atoms with Gasteiger partial charge in [0.1, 0.15) is 11.1 Å². The van der Waals surface area contributed by atoms with Gasteiger partial charge in [-0.05, 0) is 36.6 Å². The van der Waals surface area contributed by atoms with Crippen LogP contribution < -0.4 is 5.32 Å². The molecule has 0 saturated carbocycles. The Bertz CT molecular complexity index is 1100. The lowest BCUT2D eigenvalue weighted by Crippen LogP contribution is -2.22. The van der Waals surface area contributed by atoms with E-state index >= 15 is 0 Å². The molecular formula is C22H20ClF3N4OS. The molecule has 1 unspecified atom stereocenters. The van der Waals surface area contributed by atoms with Crippen molar-refractivity contribution in [2.24, 2.45) is 0 Å². The van der Waals surface area contributed by atoms with Crippen molar-refractivity contribution >= 4 is 35.0 Å². The summed E-state index contributed by atoms with van der Waals surface area (Å²) in [6.45, 7) is 0.753. The van der Waals surface area contributed by atoms with Crippen LogP contribution in [-0.2, 0) is 23.9 Å². The van der Waals surface area contributed by atoms with Crippen molar-refractivity contribution in [2.75, 3.05) is 5.32 Å². The van der Waals surface area contributed by atoms with E-state index in [1.54, 1.807) is 24.3 Å². The zero-order valence-corrected chi connectivity index (χ0v) is 18.5. The maximum atomic E-state index is 13.5. The number of hydrogen-bond acceptors (Lipinski definition) is 4. The highest BCUT2D eigenvalue weighted by molar-refractivity contribution is 8.00. The van der Waals surface area contributed by atoms with Gasteiger partial charge in [0.2, 0.25) is 5.91 Å². The smallest absolute Gasteiger partial charge is 0.324 e. The number of alkyl halides is 3. The highest BCUT2D eigenvalue weighted by Gasteiger charge is 2.35. The van der Waals surface area contributed by atoms with Crippen molar-refractivity contribution in [2.45, 2.75) is 48.8 Å². The summed E-state index contributed by atoms with van der Waals surface area (Å²) < 4.78 is 42.5. The Kier molecular flexibility index (Phi) is 6.76. The first-order chi connectivity index (χ1) is 15.3. The number of nitrogens with zero attached hydrogens (tertiary/aromatic N) is 3. The molecule has 1 N–H and O–H groups in total. The molecule has 5 nitrogen and oxygen atoms in total. The van der Waals surface area contributed by atoms with E-state index in [0.717, 1.165) is 44.1 Å². The number of nitrogens with one attached hydrogen (secondary N) is 1. The minimum Gasteiger partial charge on any atom is -0.324 e. The number of hydrogen-bond donors (Lipinski definition) is 1. The van der Waals surface area contributed by atoms with E-state index in [4.69, 9.17) is 11.6 Å². The Labute approximate surface area is 192 Å². The Morgan fingerprint density at radius 3 is 2.62 bits per heavy atom. The maximum absolute atomic E-state index is 13.5. The summed E-state index contributed by atoms with van der Waals surface area (Å²) in [6, 6.07) is 12.2. The third-order valence-electron chi connectivity index (χ3n) is 5.18. The van der Waals surface area contributed by atoms with E-state index in [1.807, 2.05) is 10.6 Å². The fourth-order valence-electron chi connectivity index (χ4n) is 3.61. The summed E-state index contributed by atoms with van der Waals surface area (Å²) in [5.41, 5.74) is -0.677. The van der Waals surface area contributed by atoms with Crippen molar-refractivity contribution < 1.29 is 18.0 Å². The largest absolute Gasteiger partial charge is 0.418 e. The number of fused-ring (bicyclic) bond motifs is 1. The number of anilines is 1. The number of carbonyl (C=O) groups excluding carboxylic acids is 1. The van der Waals surface area contributed by atoms with Crippen molar-refractivity contribution in [3.8, 4) is 0 Å². The van der Waals surface area contributed by atoms with Crippen LogP contribution in [0.25, 0.3) is 0 Å². The number of aromatic nitrogens is 3. The van der Waals surface area contributed by atoms with Crippen molar-refractivity contribution in [1.29, 1.82) is 0 Å². The number of halogens is 4. The Hall–Kier alpha value is -2.52. The van der Waals surface area contributed by atoms with Gasteiger partial charge >= 0.3 is 6.18 Å². The number of carbonyl (C=O) groups is 1. The van der Waals surface area contributed by atoms with Gasteiger partial charge in [0.25, 0.3) is 0 Å². The lowest BCUT2D eigenvalue weighted by atomic mass is 10.1. The van der Waals surface area contributed by atoms with Gasteiger partial charge in [0.05, 0.1) is 11.3 Å². The molecule has 1 amide bonds. The predicted molar refractivity (Wildman–Crippen MR) is 118 cm³/mol. The monoisotopic (exact) mass is 480 g/mol. The molecule has 0 aliphatic carbocycles. The zero-order valence-electron chi connectivity index (χ0n) is 16.9.